The molecule has 2 aromatic rings. The number of ether oxygens (including phenoxy) is 1. The minimum atomic E-state index is -0.326. The summed E-state index contributed by atoms with van der Waals surface area (Å²) >= 11 is 0. The first-order valence-corrected chi connectivity index (χ1v) is 6.10. The van der Waals surface area contributed by atoms with Crippen LogP contribution >= 0.6 is 0 Å². The summed E-state index contributed by atoms with van der Waals surface area (Å²) in [5, 5.41) is 12.0. The SMILES string of the molecule is COc1ccc(F)cc1[C@H](C)Nc1cc(C#N)ccn1. The molecule has 1 aromatic carbocycles. The minimum Gasteiger partial charge on any atom is -0.496 e. The molecule has 1 aromatic heterocycles. The van der Waals surface area contributed by atoms with Gasteiger partial charge < -0.3 is 10.1 Å². The highest BCUT2D eigenvalue weighted by molar-refractivity contribution is 5.46. The van der Waals surface area contributed by atoms with Crippen molar-refractivity contribution in [2.75, 3.05) is 12.4 Å². The summed E-state index contributed by atoms with van der Waals surface area (Å²) in [5.41, 5.74) is 1.21. The van der Waals surface area contributed by atoms with Gasteiger partial charge in [0.05, 0.1) is 24.8 Å². The third-order valence-corrected chi connectivity index (χ3v) is 2.91. The van der Waals surface area contributed by atoms with Crippen molar-refractivity contribution in [3.63, 3.8) is 0 Å². The molecule has 0 bridgehead atoms. The van der Waals surface area contributed by atoms with E-state index in [1.54, 1.807) is 24.4 Å². The van der Waals surface area contributed by atoms with Crippen molar-refractivity contribution in [3.8, 4) is 11.8 Å². The lowest BCUT2D eigenvalue weighted by Gasteiger charge is -2.18. The summed E-state index contributed by atoms with van der Waals surface area (Å²) in [6.07, 6.45) is 1.55. The Hall–Kier alpha value is -2.61. The smallest absolute Gasteiger partial charge is 0.127 e. The van der Waals surface area contributed by atoms with Gasteiger partial charge in [-0.2, -0.15) is 5.26 Å². The molecule has 0 fully saturated rings. The van der Waals surface area contributed by atoms with Gasteiger partial charge >= 0.3 is 0 Å². The quantitative estimate of drug-likeness (QED) is 0.927. The standard InChI is InChI=1S/C15H14FN3O/c1-10(13-8-12(16)3-4-14(13)20-2)19-15-7-11(9-17)5-6-18-15/h3-8,10H,1-2H3,(H,18,19)/t10-/m0/s1. The Balaban J connectivity index is 2.25. The number of nitrogens with one attached hydrogen (secondary N) is 1. The van der Waals surface area contributed by atoms with Crippen molar-refractivity contribution in [1.82, 2.24) is 4.98 Å². The molecule has 1 heterocycles. The average Bonchev–Trinajstić information content (AvgIpc) is 2.47. The van der Waals surface area contributed by atoms with Crippen molar-refractivity contribution in [3.05, 3.63) is 53.5 Å². The van der Waals surface area contributed by atoms with E-state index in [0.717, 1.165) is 0 Å². The van der Waals surface area contributed by atoms with Gasteiger partial charge in [0.25, 0.3) is 0 Å². The van der Waals surface area contributed by atoms with E-state index in [9.17, 15) is 4.39 Å². The van der Waals surface area contributed by atoms with Crippen LogP contribution in [0.2, 0.25) is 0 Å². The van der Waals surface area contributed by atoms with Crippen LogP contribution in [0.5, 0.6) is 5.75 Å². The monoisotopic (exact) mass is 271 g/mol. The second kappa shape index (κ2) is 6.02. The number of anilines is 1. The van der Waals surface area contributed by atoms with Gasteiger partial charge in [-0.3, -0.25) is 0 Å². The molecule has 0 saturated heterocycles. The van der Waals surface area contributed by atoms with Crippen LogP contribution in [0.3, 0.4) is 0 Å². The van der Waals surface area contributed by atoms with E-state index < -0.39 is 0 Å². The first-order chi connectivity index (χ1) is 9.63. The van der Waals surface area contributed by atoms with E-state index in [1.807, 2.05) is 13.0 Å². The van der Waals surface area contributed by atoms with Crippen LogP contribution in [0.4, 0.5) is 10.2 Å². The zero-order chi connectivity index (χ0) is 14.5. The highest BCUT2D eigenvalue weighted by Crippen LogP contribution is 2.28. The number of hydrogen-bond acceptors (Lipinski definition) is 4. The van der Waals surface area contributed by atoms with Gasteiger partial charge in [0.1, 0.15) is 17.4 Å². The maximum Gasteiger partial charge on any atom is 0.127 e. The molecule has 0 aliphatic rings. The number of halogens is 1. The summed E-state index contributed by atoms with van der Waals surface area (Å²) in [4.78, 5) is 4.13. The van der Waals surface area contributed by atoms with E-state index in [1.165, 1.54) is 19.2 Å². The molecule has 0 amide bonds. The molecular weight excluding hydrogens is 257 g/mol. The van der Waals surface area contributed by atoms with E-state index in [4.69, 9.17) is 10.00 Å². The fraction of sp³-hybridized carbons (Fsp3) is 0.200. The van der Waals surface area contributed by atoms with Crippen LogP contribution in [-0.2, 0) is 0 Å². The maximum absolute atomic E-state index is 13.4. The van der Waals surface area contributed by atoms with Crippen molar-refractivity contribution in [1.29, 1.82) is 5.26 Å². The molecule has 0 saturated carbocycles. The van der Waals surface area contributed by atoms with Gasteiger partial charge in [-0.25, -0.2) is 9.37 Å². The topological polar surface area (TPSA) is 57.9 Å². The van der Waals surface area contributed by atoms with Crippen LogP contribution in [0, 0.1) is 17.1 Å². The average molecular weight is 271 g/mol. The number of aromatic nitrogens is 1. The summed E-state index contributed by atoms with van der Waals surface area (Å²) < 4.78 is 18.6. The summed E-state index contributed by atoms with van der Waals surface area (Å²) in [6, 6.07) is 9.46. The highest BCUT2D eigenvalue weighted by atomic mass is 19.1. The van der Waals surface area contributed by atoms with Crippen molar-refractivity contribution < 1.29 is 9.13 Å². The normalized spacial score (nSPS) is 11.5. The molecule has 102 valence electrons. The second-order valence-electron chi connectivity index (χ2n) is 4.29. The Morgan fingerprint density at radius 2 is 2.15 bits per heavy atom. The number of hydrogen-bond donors (Lipinski definition) is 1. The number of pyridine rings is 1. The molecule has 0 aliphatic carbocycles. The van der Waals surface area contributed by atoms with Gasteiger partial charge in [0.2, 0.25) is 0 Å². The molecule has 1 N–H and O–H groups in total. The lowest BCUT2D eigenvalue weighted by Crippen LogP contribution is -2.09. The minimum absolute atomic E-state index is 0.206. The van der Waals surface area contributed by atoms with Crippen molar-refractivity contribution >= 4 is 5.82 Å². The highest BCUT2D eigenvalue weighted by Gasteiger charge is 2.13. The number of benzene rings is 1. The van der Waals surface area contributed by atoms with Crippen molar-refractivity contribution in [2.45, 2.75) is 13.0 Å². The Labute approximate surface area is 116 Å². The van der Waals surface area contributed by atoms with Gasteiger partial charge in [-0.05, 0) is 37.3 Å². The predicted molar refractivity (Wildman–Crippen MR) is 73.9 cm³/mol. The molecule has 0 spiro atoms. The third-order valence-electron chi connectivity index (χ3n) is 2.91. The van der Waals surface area contributed by atoms with Crippen molar-refractivity contribution in [2.24, 2.45) is 0 Å². The van der Waals surface area contributed by atoms with Crippen LogP contribution in [0.1, 0.15) is 24.1 Å². The Kier molecular flexibility index (Phi) is 4.16. The first-order valence-electron chi connectivity index (χ1n) is 6.10. The van der Waals surface area contributed by atoms with Gasteiger partial charge in [0, 0.05) is 11.8 Å². The van der Waals surface area contributed by atoms with Gasteiger partial charge in [0.15, 0.2) is 0 Å². The van der Waals surface area contributed by atoms with Crippen LogP contribution in [-0.4, -0.2) is 12.1 Å². The van der Waals surface area contributed by atoms with Gasteiger partial charge in [-0.1, -0.05) is 0 Å². The molecule has 0 unspecified atom stereocenters. The maximum atomic E-state index is 13.4. The van der Waals surface area contributed by atoms with E-state index in [-0.39, 0.29) is 11.9 Å². The zero-order valence-corrected chi connectivity index (χ0v) is 11.2. The Morgan fingerprint density at radius 3 is 2.85 bits per heavy atom. The molecule has 1 atom stereocenters. The lowest BCUT2D eigenvalue weighted by atomic mass is 10.1. The molecule has 0 radical (unpaired) electrons. The summed E-state index contributed by atoms with van der Waals surface area (Å²) in [7, 11) is 1.54. The number of nitrogens with zero attached hydrogens (tertiary/aromatic N) is 2. The molecule has 0 aliphatic heterocycles. The van der Waals surface area contributed by atoms with Crippen LogP contribution in [0.15, 0.2) is 36.5 Å². The number of methoxy groups -OCH3 is 1. The molecular formula is C15H14FN3O. The Morgan fingerprint density at radius 1 is 1.35 bits per heavy atom. The molecule has 5 heteroatoms. The molecule has 2 rings (SSSR count). The Bertz CT molecular complexity index is 652. The lowest BCUT2D eigenvalue weighted by molar-refractivity contribution is 0.406. The van der Waals surface area contributed by atoms with Crippen LogP contribution < -0.4 is 10.1 Å². The summed E-state index contributed by atoms with van der Waals surface area (Å²) in [6.45, 7) is 1.87. The van der Waals surface area contributed by atoms with Gasteiger partial charge in [-0.15, -0.1) is 0 Å². The molecule has 4 nitrogen and oxygen atoms in total. The van der Waals surface area contributed by atoms with E-state index >= 15 is 0 Å². The zero-order valence-electron chi connectivity index (χ0n) is 11.2. The molecule has 20 heavy (non-hydrogen) atoms. The summed E-state index contributed by atoms with van der Waals surface area (Å²) in [5.74, 6) is 0.832. The first kappa shape index (κ1) is 13.8. The van der Waals surface area contributed by atoms with E-state index in [2.05, 4.69) is 10.3 Å². The fourth-order valence-electron chi connectivity index (χ4n) is 1.92. The predicted octanol–water partition coefficient (Wildman–Crippen LogP) is 3.27. The third kappa shape index (κ3) is 3.04. The largest absolute Gasteiger partial charge is 0.496 e. The van der Waals surface area contributed by atoms with E-state index in [0.29, 0.717) is 22.7 Å². The second-order valence-corrected chi connectivity index (χ2v) is 4.29. The number of rotatable bonds is 4. The fourth-order valence-corrected chi connectivity index (χ4v) is 1.92. The van der Waals surface area contributed by atoms with Crippen LogP contribution in [0.25, 0.3) is 0 Å². The number of nitriles is 1.